The van der Waals surface area contributed by atoms with E-state index in [1.165, 1.54) is 0 Å². The monoisotopic (exact) mass is 296 g/mol. The zero-order valence-electron chi connectivity index (χ0n) is 5.54. The number of carbonyl (C=O) groups excluding carboxylic acids is 4. The lowest BCUT2D eigenvalue weighted by atomic mass is 9.95. The molecule has 1 saturated carbocycles. The predicted octanol–water partition coefficient (Wildman–Crippen LogP) is -0.197. The van der Waals surface area contributed by atoms with Crippen molar-refractivity contribution in [3.8, 4) is 0 Å². The van der Waals surface area contributed by atoms with Crippen LogP contribution in [0.5, 0.6) is 0 Å². The first-order chi connectivity index (χ1) is 5.46. The summed E-state index contributed by atoms with van der Waals surface area (Å²) >= 11 is 5.33. The molecule has 6 heteroatoms. The van der Waals surface area contributed by atoms with Crippen LogP contribution < -0.4 is 0 Å². The van der Waals surface area contributed by atoms with Crippen molar-refractivity contribution in [3.05, 3.63) is 0 Å². The number of hydrogen-bond acceptors (Lipinski definition) is 4. The summed E-state index contributed by atoms with van der Waals surface area (Å²) in [5, 5.41) is 0. The molecule has 1 fully saturated rings. The van der Waals surface area contributed by atoms with Crippen LogP contribution in [0.2, 0.25) is 0 Å². The first kappa shape index (κ1) is 9.73. The second kappa shape index (κ2) is 3.18. The van der Waals surface area contributed by atoms with E-state index in [1.807, 2.05) is 0 Å². The number of carbonyl (C=O) groups is 4. The van der Waals surface area contributed by atoms with Crippen molar-refractivity contribution < 1.29 is 19.2 Å². The summed E-state index contributed by atoms with van der Waals surface area (Å²) in [7, 11) is 0. The highest BCUT2D eigenvalue weighted by Gasteiger charge is 2.46. The first-order valence-electron chi connectivity index (χ1n) is 2.91. The van der Waals surface area contributed by atoms with Gasteiger partial charge in [0.25, 0.3) is 0 Å². The molecular weight excluding hydrogens is 296 g/mol. The Labute approximate surface area is 83.9 Å². The van der Waals surface area contributed by atoms with Crippen LogP contribution >= 0.6 is 31.9 Å². The Morgan fingerprint density at radius 1 is 0.667 bits per heavy atom. The number of halogens is 2. The van der Waals surface area contributed by atoms with Crippen molar-refractivity contribution in [2.24, 2.45) is 0 Å². The van der Waals surface area contributed by atoms with Gasteiger partial charge in [0, 0.05) is 0 Å². The molecule has 0 atom stereocenters. The molecule has 0 N–H and O–H groups in total. The summed E-state index contributed by atoms with van der Waals surface area (Å²) in [6.45, 7) is 0. The van der Waals surface area contributed by atoms with E-state index in [4.69, 9.17) is 0 Å². The van der Waals surface area contributed by atoms with Crippen molar-refractivity contribution in [2.75, 3.05) is 0 Å². The van der Waals surface area contributed by atoms with Crippen LogP contribution in [0.25, 0.3) is 0 Å². The molecule has 0 radical (unpaired) electrons. The Hall–Kier alpha value is -0.360. The van der Waals surface area contributed by atoms with E-state index in [0.717, 1.165) is 0 Å². The fourth-order valence-corrected chi connectivity index (χ4v) is 1.64. The molecule has 0 unspecified atom stereocenters. The average Bonchev–Trinajstić information content (AvgIpc) is 2.08. The fourth-order valence-electron chi connectivity index (χ4n) is 0.738. The summed E-state index contributed by atoms with van der Waals surface area (Å²) in [5.41, 5.74) is 0. The number of alkyl halides is 2. The van der Waals surface area contributed by atoms with Gasteiger partial charge in [-0.05, 0) is 0 Å². The SMILES string of the molecule is O=C1C(=O)C(Br)C(=O)C(=O)C1Br. The zero-order chi connectivity index (χ0) is 9.46. The molecule has 64 valence electrons. The van der Waals surface area contributed by atoms with Gasteiger partial charge in [0.05, 0.1) is 0 Å². The van der Waals surface area contributed by atoms with Gasteiger partial charge in [0.15, 0.2) is 0 Å². The van der Waals surface area contributed by atoms with E-state index in [2.05, 4.69) is 31.9 Å². The lowest BCUT2D eigenvalue weighted by Crippen LogP contribution is -2.49. The van der Waals surface area contributed by atoms with Crippen LogP contribution in [0.15, 0.2) is 0 Å². The van der Waals surface area contributed by atoms with Crippen LogP contribution in [-0.2, 0) is 19.2 Å². The molecular formula is C6H2Br2O4. The molecule has 0 aromatic carbocycles. The molecule has 0 spiro atoms. The van der Waals surface area contributed by atoms with E-state index in [1.54, 1.807) is 0 Å². The zero-order valence-corrected chi connectivity index (χ0v) is 8.72. The number of ketones is 4. The van der Waals surface area contributed by atoms with Crippen LogP contribution in [0.1, 0.15) is 0 Å². The minimum atomic E-state index is -1.29. The van der Waals surface area contributed by atoms with Gasteiger partial charge in [-0.25, -0.2) is 0 Å². The minimum absolute atomic E-state index is 0.874. The van der Waals surface area contributed by atoms with Gasteiger partial charge in [0.2, 0.25) is 23.1 Å². The Bertz CT molecular complexity index is 238. The molecule has 1 aliphatic carbocycles. The minimum Gasteiger partial charge on any atom is -0.289 e. The molecule has 4 nitrogen and oxygen atoms in total. The second-order valence-corrected chi connectivity index (χ2v) is 4.01. The van der Waals surface area contributed by atoms with Gasteiger partial charge in [-0.15, -0.1) is 0 Å². The van der Waals surface area contributed by atoms with Gasteiger partial charge in [0.1, 0.15) is 9.65 Å². The molecule has 0 aromatic rings. The molecule has 0 saturated heterocycles. The van der Waals surface area contributed by atoms with E-state index < -0.39 is 32.8 Å². The topological polar surface area (TPSA) is 68.3 Å². The Balaban J connectivity index is 3.07. The van der Waals surface area contributed by atoms with Gasteiger partial charge in [-0.3, -0.25) is 19.2 Å². The van der Waals surface area contributed by atoms with Crippen LogP contribution in [-0.4, -0.2) is 32.8 Å². The second-order valence-electron chi connectivity index (χ2n) is 2.18. The average molecular weight is 298 g/mol. The van der Waals surface area contributed by atoms with Gasteiger partial charge in [-0.2, -0.15) is 0 Å². The maximum Gasteiger partial charge on any atom is 0.221 e. The summed E-state index contributed by atoms with van der Waals surface area (Å²) in [5.74, 6) is -3.49. The fraction of sp³-hybridized carbons (Fsp3) is 0.333. The highest BCUT2D eigenvalue weighted by Crippen LogP contribution is 2.18. The Morgan fingerprint density at radius 3 is 1.00 bits per heavy atom. The van der Waals surface area contributed by atoms with E-state index >= 15 is 0 Å². The molecule has 0 aromatic heterocycles. The standard InChI is InChI=1S/C6H2Br2O4/c7-1-3(9)5(11)2(8)6(12)4(1)10/h1-2H. The lowest BCUT2D eigenvalue weighted by Gasteiger charge is -2.15. The molecule has 0 bridgehead atoms. The molecule has 0 heterocycles. The number of Topliss-reactive ketones (excluding diaryl/α,β-unsaturated/α-hetero) is 4. The van der Waals surface area contributed by atoms with Gasteiger partial charge in [-0.1, -0.05) is 31.9 Å². The molecule has 1 rings (SSSR count). The molecule has 12 heavy (non-hydrogen) atoms. The smallest absolute Gasteiger partial charge is 0.221 e. The van der Waals surface area contributed by atoms with Crippen molar-refractivity contribution >= 4 is 55.0 Å². The summed E-state index contributed by atoms with van der Waals surface area (Å²) in [6.07, 6.45) is 0. The highest BCUT2D eigenvalue weighted by molar-refractivity contribution is 9.10. The number of hydrogen-bond donors (Lipinski definition) is 0. The molecule has 0 aliphatic heterocycles. The third kappa shape index (κ3) is 1.29. The van der Waals surface area contributed by atoms with E-state index in [0.29, 0.717) is 0 Å². The highest BCUT2D eigenvalue weighted by atomic mass is 79.9. The van der Waals surface area contributed by atoms with Crippen molar-refractivity contribution in [3.63, 3.8) is 0 Å². The van der Waals surface area contributed by atoms with E-state index in [-0.39, 0.29) is 0 Å². The van der Waals surface area contributed by atoms with Crippen molar-refractivity contribution in [1.82, 2.24) is 0 Å². The normalized spacial score (nSPS) is 31.2. The Morgan fingerprint density at radius 2 is 0.833 bits per heavy atom. The van der Waals surface area contributed by atoms with Crippen LogP contribution in [0.4, 0.5) is 0 Å². The third-order valence-corrected chi connectivity index (χ3v) is 3.07. The number of rotatable bonds is 0. The quantitative estimate of drug-likeness (QED) is 0.353. The molecule has 0 amide bonds. The van der Waals surface area contributed by atoms with Crippen molar-refractivity contribution in [2.45, 2.75) is 9.65 Å². The first-order valence-corrected chi connectivity index (χ1v) is 4.74. The Kier molecular flexibility index (Phi) is 2.58. The largest absolute Gasteiger partial charge is 0.289 e. The summed E-state index contributed by atoms with van der Waals surface area (Å²) in [6, 6.07) is 0. The lowest BCUT2D eigenvalue weighted by molar-refractivity contribution is -0.146. The van der Waals surface area contributed by atoms with Crippen LogP contribution in [0.3, 0.4) is 0 Å². The van der Waals surface area contributed by atoms with Gasteiger partial charge < -0.3 is 0 Å². The third-order valence-electron chi connectivity index (χ3n) is 1.41. The molecule has 1 aliphatic rings. The predicted molar refractivity (Wildman–Crippen MR) is 45.5 cm³/mol. The van der Waals surface area contributed by atoms with Crippen LogP contribution in [0, 0.1) is 0 Å². The summed E-state index contributed by atoms with van der Waals surface area (Å²) in [4.78, 5) is 41.0. The maximum absolute atomic E-state index is 10.9. The summed E-state index contributed by atoms with van der Waals surface area (Å²) < 4.78 is 0. The van der Waals surface area contributed by atoms with Crippen molar-refractivity contribution in [1.29, 1.82) is 0 Å². The van der Waals surface area contributed by atoms with Gasteiger partial charge >= 0.3 is 0 Å². The maximum atomic E-state index is 10.9. The van der Waals surface area contributed by atoms with E-state index in [9.17, 15) is 19.2 Å².